The largest absolute Gasteiger partial charge is 0.493 e. The van der Waals surface area contributed by atoms with Crippen molar-refractivity contribution in [2.24, 2.45) is 5.84 Å². The van der Waals surface area contributed by atoms with E-state index in [0.717, 1.165) is 0 Å². The summed E-state index contributed by atoms with van der Waals surface area (Å²) in [5.41, 5.74) is 2.80. The third-order valence-electron chi connectivity index (χ3n) is 2.34. The highest BCUT2D eigenvalue weighted by atomic mass is 79.9. The maximum atomic E-state index is 8.85. The number of nitrogens with zero attached hydrogens (tertiary/aromatic N) is 3. The SMILES string of the molecule is COc1cc(C#N)ccc1Oc1nc(NN)ncc1Br. The van der Waals surface area contributed by atoms with Crippen molar-refractivity contribution >= 4 is 21.9 Å². The first-order chi connectivity index (χ1) is 9.67. The number of anilines is 1. The van der Waals surface area contributed by atoms with Crippen molar-refractivity contribution in [3.8, 4) is 23.4 Å². The summed E-state index contributed by atoms with van der Waals surface area (Å²) < 4.78 is 11.4. The average molecular weight is 336 g/mol. The standard InChI is InChI=1S/C12H10BrN5O2/c1-19-10-4-7(5-14)2-3-9(10)20-11-8(13)6-16-12(17-11)18-15/h2-4,6H,15H2,1H3,(H,16,17,18). The van der Waals surface area contributed by atoms with E-state index in [1.807, 2.05) is 6.07 Å². The summed E-state index contributed by atoms with van der Waals surface area (Å²) in [4.78, 5) is 7.99. The van der Waals surface area contributed by atoms with Crippen LogP contribution in [-0.2, 0) is 0 Å². The van der Waals surface area contributed by atoms with Crippen molar-refractivity contribution in [3.63, 3.8) is 0 Å². The van der Waals surface area contributed by atoms with Gasteiger partial charge in [0, 0.05) is 6.07 Å². The number of hydrogen-bond donors (Lipinski definition) is 2. The Labute approximate surface area is 123 Å². The zero-order chi connectivity index (χ0) is 14.5. The van der Waals surface area contributed by atoms with Gasteiger partial charge in [-0.25, -0.2) is 10.8 Å². The molecule has 0 bridgehead atoms. The number of ether oxygens (including phenoxy) is 2. The molecule has 0 aliphatic rings. The lowest BCUT2D eigenvalue weighted by atomic mass is 10.2. The minimum atomic E-state index is 0.218. The Bertz CT molecular complexity index is 671. The molecule has 0 unspecified atom stereocenters. The number of aromatic nitrogens is 2. The van der Waals surface area contributed by atoms with Crippen LogP contribution < -0.4 is 20.7 Å². The third-order valence-corrected chi connectivity index (χ3v) is 2.88. The summed E-state index contributed by atoms with van der Waals surface area (Å²) in [6, 6.07) is 6.85. The zero-order valence-corrected chi connectivity index (χ0v) is 12.0. The van der Waals surface area contributed by atoms with Crippen molar-refractivity contribution in [2.75, 3.05) is 12.5 Å². The van der Waals surface area contributed by atoms with E-state index in [4.69, 9.17) is 20.6 Å². The van der Waals surface area contributed by atoms with E-state index in [0.29, 0.717) is 21.5 Å². The number of nitriles is 1. The van der Waals surface area contributed by atoms with Crippen molar-refractivity contribution in [2.45, 2.75) is 0 Å². The van der Waals surface area contributed by atoms with Gasteiger partial charge in [0.25, 0.3) is 0 Å². The molecule has 2 rings (SSSR count). The summed E-state index contributed by atoms with van der Waals surface area (Å²) in [6.45, 7) is 0. The van der Waals surface area contributed by atoms with Gasteiger partial charge >= 0.3 is 0 Å². The Morgan fingerprint density at radius 1 is 1.40 bits per heavy atom. The van der Waals surface area contributed by atoms with Crippen LogP contribution in [-0.4, -0.2) is 17.1 Å². The van der Waals surface area contributed by atoms with Crippen molar-refractivity contribution in [3.05, 3.63) is 34.4 Å². The minimum Gasteiger partial charge on any atom is -0.493 e. The van der Waals surface area contributed by atoms with E-state index in [2.05, 4.69) is 31.3 Å². The van der Waals surface area contributed by atoms with Crippen LogP contribution in [0.25, 0.3) is 0 Å². The second kappa shape index (κ2) is 6.18. The number of hydrogen-bond acceptors (Lipinski definition) is 7. The van der Waals surface area contributed by atoms with Crippen LogP contribution in [0, 0.1) is 11.3 Å². The van der Waals surface area contributed by atoms with Gasteiger partial charge in [-0.15, -0.1) is 0 Å². The van der Waals surface area contributed by atoms with Gasteiger partial charge in [-0.1, -0.05) is 0 Å². The van der Waals surface area contributed by atoms with Gasteiger partial charge in [-0.2, -0.15) is 10.2 Å². The summed E-state index contributed by atoms with van der Waals surface area (Å²) >= 11 is 3.28. The number of nitrogen functional groups attached to an aromatic ring is 1. The van der Waals surface area contributed by atoms with Gasteiger partial charge in [0.2, 0.25) is 11.8 Å². The van der Waals surface area contributed by atoms with Gasteiger partial charge in [0.05, 0.1) is 29.4 Å². The van der Waals surface area contributed by atoms with Gasteiger partial charge in [0.1, 0.15) is 0 Å². The van der Waals surface area contributed by atoms with Crippen LogP contribution in [0.2, 0.25) is 0 Å². The number of nitrogens with two attached hydrogens (primary N) is 1. The molecule has 0 aliphatic heterocycles. The molecule has 0 fully saturated rings. The first-order valence-electron chi connectivity index (χ1n) is 5.43. The molecular weight excluding hydrogens is 326 g/mol. The van der Waals surface area contributed by atoms with E-state index in [9.17, 15) is 0 Å². The number of nitrogens with one attached hydrogen (secondary N) is 1. The van der Waals surface area contributed by atoms with Gasteiger partial charge in [-0.05, 0) is 28.1 Å². The number of halogens is 1. The van der Waals surface area contributed by atoms with Crippen LogP contribution in [0.15, 0.2) is 28.9 Å². The summed E-state index contributed by atoms with van der Waals surface area (Å²) in [5, 5.41) is 8.85. The maximum absolute atomic E-state index is 8.85. The summed E-state index contributed by atoms with van der Waals surface area (Å²) in [5.74, 6) is 6.59. The van der Waals surface area contributed by atoms with Crippen LogP contribution >= 0.6 is 15.9 Å². The van der Waals surface area contributed by atoms with Gasteiger partial charge in [-0.3, -0.25) is 5.43 Å². The molecule has 102 valence electrons. The van der Waals surface area contributed by atoms with Gasteiger partial charge < -0.3 is 9.47 Å². The molecular formula is C12H10BrN5O2. The molecule has 7 nitrogen and oxygen atoms in total. The molecule has 0 atom stereocenters. The molecule has 1 aromatic heterocycles. The molecule has 0 radical (unpaired) electrons. The fraction of sp³-hybridized carbons (Fsp3) is 0.0833. The molecule has 2 aromatic rings. The van der Waals surface area contributed by atoms with E-state index in [1.54, 1.807) is 18.2 Å². The van der Waals surface area contributed by atoms with E-state index >= 15 is 0 Å². The maximum Gasteiger partial charge on any atom is 0.240 e. The van der Waals surface area contributed by atoms with E-state index in [-0.39, 0.29) is 11.8 Å². The number of rotatable bonds is 4. The van der Waals surface area contributed by atoms with Crippen LogP contribution in [0.1, 0.15) is 5.56 Å². The molecule has 0 saturated carbocycles. The average Bonchev–Trinajstić information content (AvgIpc) is 2.49. The molecule has 0 saturated heterocycles. The summed E-state index contributed by atoms with van der Waals surface area (Å²) in [7, 11) is 1.49. The first-order valence-corrected chi connectivity index (χ1v) is 6.22. The highest BCUT2D eigenvalue weighted by Crippen LogP contribution is 2.34. The second-order valence-electron chi connectivity index (χ2n) is 3.57. The molecule has 8 heteroatoms. The molecule has 1 heterocycles. The number of benzene rings is 1. The van der Waals surface area contributed by atoms with Gasteiger partial charge in [0.15, 0.2) is 11.5 Å². The van der Waals surface area contributed by atoms with Crippen LogP contribution in [0.5, 0.6) is 17.4 Å². The predicted molar refractivity (Wildman–Crippen MR) is 75.3 cm³/mol. The highest BCUT2D eigenvalue weighted by molar-refractivity contribution is 9.10. The molecule has 0 aliphatic carbocycles. The Hall–Kier alpha value is -2.37. The molecule has 0 spiro atoms. The molecule has 1 aromatic carbocycles. The fourth-order valence-electron chi connectivity index (χ4n) is 1.42. The van der Waals surface area contributed by atoms with E-state index < -0.39 is 0 Å². The molecule has 3 N–H and O–H groups in total. The lowest BCUT2D eigenvalue weighted by Gasteiger charge is -2.11. The van der Waals surface area contributed by atoms with Crippen molar-refractivity contribution < 1.29 is 9.47 Å². The van der Waals surface area contributed by atoms with Crippen molar-refractivity contribution in [1.29, 1.82) is 5.26 Å². The first kappa shape index (κ1) is 14.0. The highest BCUT2D eigenvalue weighted by Gasteiger charge is 2.11. The van der Waals surface area contributed by atoms with E-state index in [1.165, 1.54) is 13.3 Å². The quantitative estimate of drug-likeness (QED) is 0.651. The topological polar surface area (TPSA) is 106 Å². The minimum absolute atomic E-state index is 0.218. The summed E-state index contributed by atoms with van der Waals surface area (Å²) in [6.07, 6.45) is 1.51. The third kappa shape index (κ3) is 2.96. The number of hydrazine groups is 1. The Morgan fingerprint density at radius 3 is 2.85 bits per heavy atom. The molecule has 20 heavy (non-hydrogen) atoms. The zero-order valence-electron chi connectivity index (χ0n) is 10.4. The normalized spacial score (nSPS) is 9.70. The number of methoxy groups -OCH3 is 1. The Kier molecular flexibility index (Phi) is 4.34. The lowest BCUT2D eigenvalue weighted by Crippen LogP contribution is -2.10. The monoisotopic (exact) mass is 335 g/mol. The van der Waals surface area contributed by atoms with Crippen molar-refractivity contribution in [1.82, 2.24) is 9.97 Å². The lowest BCUT2D eigenvalue weighted by molar-refractivity contribution is 0.373. The smallest absolute Gasteiger partial charge is 0.240 e. The fourth-order valence-corrected chi connectivity index (χ4v) is 1.69. The van der Waals surface area contributed by atoms with Crippen LogP contribution in [0.4, 0.5) is 5.95 Å². The predicted octanol–water partition coefficient (Wildman–Crippen LogP) is 2.20. The molecule has 0 amide bonds. The Balaban J connectivity index is 2.37. The second-order valence-corrected chi connectivity index (χ2v) is 4.42. The Morgan fingerprint density at radius 2 is 2.20 bits per heavy atom. The van der Waals surface area contributed by atoms with Crippen LogP contribution in [0.3, 0.4) is 0 Å².